The van der Waals surface area contributed by atoms with Gasteiger partial charge >= 0.3 is 0 Å². The third-order valence-corrected chi connectivity index (χ3v) is 9.34. The summed E-state index contributed by atoms with van der Waals surface area (Å²) in [7, 11) is 0. The SMILES string of the molecule is O=C(c1ccc(Br)cc1)[C@H]1[C@@H]2CCCN2[C@]2(C(=O)Nc3c(Cl)cccc32)[C@]12C(=O)Nc1ccccc12. The molecule has 3 aromatic rings. The van der Waals surface area contributed by atoms with E-state index < -0.39 is 16.9 Å². The average Bonchev–Trinajstić information content (AvgIpc) is 3.59. The number of para-hydroxylation sites is 2. The fourth-order valence-corrected chi connectivity index (χ4v) is 7.85. The van der Waals surface area contributed by atoms with Crippen LogP contribution in [0.25, 0.3) is 0 Å². The van der Waals surface area contributed by atoms with Crippen LogP contribution in [0.3, 0.4) is 0 Å². The van der Waals surface area contributed by atoms with Gasteiger partial charge in [-0.25, -0.2) is 0 Å². The Morgan fingerprint density at radius 3 is 2.50 bits per heavy atom. The molecule has 2 spiro atoms. The molecule has 0 radical (unpaired) electrons. The van der Waals surface area contributed by atoms with Crippen molar-refractivity contribution in [3.8, 4) is 0 Å². The molecule has 180 valence electrons. The van der Waals surface area contributed by atoms with Gasteiger partial charge < -0.3 is 10.6 Å². The maximum absolute atomic E-state index is 14.5. The summed E-state index contributed by atoms with van der Waals surface area (Å²) >= 11 is 10.0. The second-order valence-corrected chi connectivity index (χ2v) is 11.2. The van der Waals surface area contributed by atoms with Gasteiger partial charge in [0, 0.05) is 27.3 Å². The van der Waals surface area contributed by atoms with Crippen molar-refractivity contribution in [3.63, 3.8) is 0 Å². The number of nitrogens with zero attached hydrogens (tertiary/aromatic N) is 1. The van der Waals surface area contributed by atoms with Crippen molar-refractivity contribution >= 4 is 56.5 Å². The Balaban J connectivity index is 1.59. The van der Waals surface area contributed by atoms with Gasteiger partial charge in [0.1, 0.15) is 11.0 Å². The molecule has 4 atom stereocenters. The number of fused-ring (bicyclic) bond motifs is 7. The maximum atomic E-state index is 14.5. The number of halogens is 2. The Bertz CT molecular complexity index is 1490. The van der Waals surface area contributed by atoms with Crippen LogP contribution in [0.5, 0.6) is 0 Å². The summed E-state index contributed by atoms with van der Waals surface area (Å²) in [5, 5.41) is 6.47. The van der Waals surface area contributed by atoms with Gasteiger partial charge in [-0.1, -0.05) is 70.0 Å². The molecule has 0 aliphatic carbocycles. The number of nitrogens with one attached hydrogen (secondary N) is 2. The summed E-state index contributed by atoms with van der Waals surface area (Å²) < 4.78 is 0.863. The zero-order chi connectivity index (χ0) is 24.8. The summed E-state index contributed by atoms with van der Waals surface area (Å²) in [6.07, 6.45) is 1.55. The van der Waals surface area contributed by atoms with Gasteiger partial charge in [0.05, 0.1) is 16.6 Å². The first-order valence-corrected chi connectivity index (χ1v) is 13.2. The van der Waals surface area contributed by atoms with E-state index in [4.69, 9.17) is 11.6 Å². The van der Waals surface area contributed by atoms with Crippen molar-refractivity contribution in [1.82, 2.24) is 4.90 Å². The minimum absolute atomic E-state index is 0.133. The minimum Gasteiger partial charge on any atom is -0.325 e. The second-order valence-electron chi connectivity index (χ2n) is 9.89. The largest absolute Gasteiger partial charge is 0.325 e. The average molecular weight is 563 g/mol. The van der Waals surface area contributed by atoms with Gasteiger partial charge in [-0.3, -0.25) is 19.3 Å². The second kappa shape index (κ2) is 7.51. The number of anilines is 2. The van der Waals surface area contributed by atoms with E-state index in [1.54, 1.807) is 18.2 Å². The molecule has 7 rings (SSSR count). The first-order valence-electron chi connectivity index (χ1n) is 12.0. The molecule has 0 unspecified atom stereocenters. The van der Waals surface area contributed by atoms with Gasteiger partial charge in [0.25, 0.3) is 5.91 Å². The van der Waals surface area contributed by atoms with Crippen LogP contribution in [0.2, 0.25) is 5.02 Å². The monoisotopic (exact) mass is 561 g/mol. The van der Waals surface area contributed by atoms with Crippen molar-refractivity contribution in [2.24, 2.45) is 5.92 Å². The first-order chi connectivity index (χ1) is 17.4. The predicted molar refractivity (Wildman–Crippen MR) is 140 cm³/mol. The van der Waals surface area contributed by atoms with E-state index >= 15 is 0 Å². The summed E-state index contributed by atoms with van der Waals surface area (Å²) in [5.74, 6) is -1.53. The number of rotatable bonds is 2. The van der Waals surface area contributed by atoms with Crippen LogP contribution in [0, 0.1) is 5.92 Å². The summed E-state index contributed by atoms with van der Waals surface area (Å²) in [6, 6.07) is 19.8. The van der Waals surface area contributed by atoms with E-state index in [9.17, 15) is 14.4 Å². The van der Waals surface area contributed by atoms with Crippen LogP contribution in [0.4, 0.5) is 11.4 Å². The topological polar surface area (TPSA) is 78.5 Å². The van der Waals surface area contributed by atoms with Gasteiger partial charge in [0.15, 0.2) is 5.78 Å². The lowest BCUT2D eigenvalue weighted by atomic mass is 9.57. The van der Waals surface area contributed by atoms with Crippen LogP contribution in [-0.4, -0.2) is 35.1 Å². The Kier molecular flexibility index (Phi) is 4.63. The predicted octanol–water partition coefficient (Wildman–Crippen LogP) is 5.12. The summed E-state index contributed by atoms with van der Waals surface area (Å²) in [6.45, 7) is 0.603. The van der Waals surface area contributed by atoms with Crippen LogP contribution in [0.15, 0.2) is 71.2 Å². The number of carbonyl (C=O) groups is 3. The number of hydrogen-bond donors (Lipinski definition) is 2. The number of ketones is 1. The maximum Gasteiger partial charge on any atom is 0.251 e. The number of carbonyl (C=O) groups excluding carboxylic acids is 3. The van der Waals surface area contributed by atoms with Crippen LogP contribution >= 0.6 is 27.5 Å². The Morgan fingerprint density at radius 2 is 1.69 bits per heavy atom. The highest BCUT2D eigenvalue weighted by Gasteiger charge is 2.81. The van der Waals surface area contributed by atoms with Gasteiger partial charge in [0.2, 0.25) is 5.91 Å². The third-order valence-electron chi connectivity index (χ3n) is 8.49. The van der Waals surface area contributed by atoms with E-state index in [1.165, 1.54) is 0 Å². The van der Waals surface area contributed by atoms with E-state index in [0.717, 1.165) is 17.3 Å². The lowest BCUT2D eigenvalue weighted by Crippen LogP contribution is -2.62. The standard InChI is InChI=1S/C28H21BrClN3O3/c29-16-12-10-15(11-13-16)24(34)22-21-9-4-14-33(21)28(18-6-3-7-19(30)23(18)32-26(28)36)27(22)17-5-1-2-8-20(17)31-25(27)35/h1-3,5-8,10-13,21-22H,4,9,14H2,(H,31,35)(H,32,36)/t21-,22+,27-,28+/m0/s1. The van der Waals surface area contributed by atoms with Gasteiger partial charge in [-0.15, -0.1) is 0 Å². The van der Waals surface area contributed by atoms with Crippen molar-refractivity contribution in [2.75, 3.05) is 17.2 Å². The van der Waals surface area contributed by atoms with Crippen LogP contribution < -0.4 is 10.6 Å². The normalized spacial score (nSPS) is 29.8. The fourth-order valence-electron chi connectivity index (χ4n) is 7.36. The van der Waals surface area contributed by atoms with E-state index in [0.29, 0.717) is 39.6 Å². The quantitative estimate of drug-likeness (QED) is 0.425. The first kappa shape index (κ1) is 22.2. The molecule has 2 N–H and O–H groups in total. The minimum atomic E-state index is -1.46. The van der Waals surface area contributed by atoms with Crippen molar-refractivity contribution < 1.29 is 14.4 Å². The molecule has 0 saturated carbocycles. The zero-order valence-corrected chi connectivity index (χ0v) is 21.4. The number of Topliss-reactive ketones (excluding diaryl/α,β-unsaturated/α-hetero) is 1. The Hall–Kier alpha value is -3.00. The summed E-state index contributed by atoms with van der Waals surface area (Å²) in [5.41, 5.74) is 0.156. The lowest BCUT2D eigenvalue weighted by molar-refractivity contribution is -0.137. The Labute approximate surface area is 221 Å². The smallest absolute Gasteiger partial charge is 0.251 e. The molecular formula is C28H21BrClN3O3. The molecule has 4 heterocycles. The highest BCUT2D eigenvalue weighted by molar-refractivity contribution is 9.10. The van der Waals surface area contributed by atoms with Gasteiger partial charge in [-0.2, -0.15) is 0 Å². The molecule has 2 fully saturated rings. The van der Waals surface area contributed by atoms with Crippen LogP contribution in [-0.2, 0) is 20.5 Å². The molecule has 6 nitrogen and oxygen atoms in total. The van der Waals surface area contributed by atoms with Crippen LogP contribution in [0.1, 0.15) is 34.3 Å². The molecule has 2 amide bonds. The molecule has 4 aliphatic rings. The number of benzene rings is 3. The fraction of sp³-hybridized carbons (Fsp3) is 0.250. The third kappa shape index (κ3) is 2.44. The highest BCUT2D eigenvalue weighted by Crippen LogP contribution is 2.68. The molecular weight excluding hydrogens is 542 g/mol. The van der Waals surface area contributed by atoms with Crippen molar-refractivity contribution in [2.45, 2.75) is 29.8 Å². The lowest BCUT2D eigenvalue weighted by Gasteiger charge is -2.43. The highest BCUT2D eigenvalue weighted by atomic mass is 79.9. The molecule has 3 aromatic carbocycles. The zero-order valence-electron chi connectivity index (χ0n) is 19.1. The molecule has 2 saturated heterocycles. The van der Waals surface area contributed by atoms with Gasteiger partial charge in [-0.05, 0) is 49.2 Å². The molecule has 36 heavy (non-hydrogen) atoms. The van der Waals surface area contributed by atoms with E-state index in [-0.39, 0.29) is 23.6 Å². The molecule has 4 aliphatic heterocycles. The summed E-state index contributed by atoms with van der Waals surface area (Å²) in [4.78, 5) is 45.3. The molecule has 0 bridgehead atoms. The van der Waals surface area contributed by atoms with E-state index in [2.05, 4.69) is 31.5 Å². The molecule has 0 aromatic heterocycles. The number of amides is 2. The van der Waals surface area contributed by atoms with E-state index in [1.807, 2.05) is 48.5 Å². The molecule has 8 heteroatoms. The Morgan fingerprint density at radius 1 is 0.944 bits per heavy atom. The van der Waals surface area contributed by atoms with Crippen molar-refractivity contribution in [3.05, 3.63) is 92.9 Å². The number of hydrogen-bond acceptors (Lipinski definition) is 4. The van der Waals surface area contributed by atoms with Crippen molar-refractivity contribution in [1.29, 1.82) is 0 Å².